The number of rotatable bonds is 2. The fraction of sp³-hybridized carbons (Fsp3) is 0.214. The molecule has 0 aliphatic rings. The Hall–Kier alpha value is -1.32. The van der Waals surface area contributed by atoms with E-state index in [0.717, 1.165) is 26.6 Å². The second-order valence-electron chi connectivity index (χ2n) is 4.24. The van der Waals surface area contributed by atoms with E-state index in [9.17, 15) is 4.79 Å². The summed E-state index contributed by atoms with van der Waals surface area (Å²) in [7, 11) is 0. The number of carbonyl (C=O) groups is 1. The monoisotopic (exact) mass is 279 g/mol. The van der Waals surface area contributed by atoms with Crippen molar-refractivity contribution >= 4 is 34.5 Å². The van der Waals surface area contributed by atoms with E-state index in [2.05, 4.69) is 5.32 Å². The van der Waals surface area contributed by atoms with E-state index in [1.54, 1.807) is 17.4 Å². The van der Waals surface area contributed by atoms with Crippen LogP contribution < -0.4 is 5.32 Å². The van der Waals surface area contributed by atoms with Crippen LogP contribution in [0.4, 0.5) is 5.69 Å². The summed E-state index contributed by atoms with van der Waals surface area (Å²) in [6.45, 7) is 5.88. The molecule has 0 radical (unpaired) electrons. The number of amides is 1. The number of hydrogen-bond acceptors (Lipinski definition) is 2. The summed E-state index contributed by atoms with van der Waals surface area (Å²) >= 11 is 7.66. The highest BCUT2D eigenvalue weighted by Gasteiger charge is 2.12. The van der Waals surface area contributed by atoms with Crippen molar-refractivity contribution in [3.05, 3.63) is 50.2 Å². The first kappa shape index (κ1) is 13.1. The zero-order chi connectivity index (χ0) is 13.3. The number of thiophene rings is 1. The third-order valence-electron chi connectivity index (χ3n) is 2.72. The predicted molar refractivity (Wildman–Crippen MR) is 77.9 cm³/mol. The van der Waals surface area contributed by atoms with Gasteiger partial charge in [-0.25, -0.2) is 0 Å². The maximum Gasteiger partial charge on any atom is 0.256 e. The lowest BCUT2D eigenvalue weighted by Crippen LogP contribution is -2.11. The third kappa shape index (κ3) is 2.74. The average molecular weight is 280 g/mol. The second-order valence-corrected chi connectivity index (χ2v) is 6.11. The molecular formula is C14H14ClNOS. The molecule has 0 aliphatic heterocycles. The molecule has 2 rings (SSSR count). The molecule has 0 bridgehead atoms. The van der Waals surface area contributed by atoms with Gasteiger partial charge in [-0.2, -0.15) is 0 Å². The lowest BCUT2D eigenvalue weighted by atomic mass is 10.2. The maximum absolute atomic E-state index is 12.1. The van der Waals surface area contributed by atoms with Crippen LogP contribution in [0.15, 0.2) is 24.3 Å². The Labute approximate surface area is 116 Å². The Morgan fingerprint density at radius 3 is 2.50 bits per heavy atom. The highest BCUT2D eigenvalue weighted by atomic mass is 35.5. The maximum atomic E-state index is 12.1. The molecule has 1 heterocycles. The van der Waals surface area contributed by atoms with E-state index in [1.165, 1.54) is 0 Å². The molecule has 94 valence electrons. The van der Waals surface area contributed by atoms with E-state index in [4.69, 9.17) is 11.6 Å². The Morgan fingerprint density at radius 2 is 1.94 bits per heavy atom. The number of aryl methyl sites for hydroxylation is 3. The van der Waals surface area contributed by atoms with Gasteiger partial charge in [-0.15, -0.1) is 11.3 Å². The number of anilines is 1. The largest absolute Gasteiger partial charge is 0.322 e. The molecule has 2 aromatic rings. The van der Waals surface area contributed by atoms with Gasteiger partial charge in [0.05, 0.1) is 5.56 Å². The summed E-state index contributed by atoms with van der Waals surface area (Å²) < 4.78 is 0. The molecule has 0 saturated heterocycles. The minimum Gasteiger partial charge on any atom is -0.322 e. The van der Waals surface area contributed by atoms with Crippen molar-refractivity contribution in [3.63, 3.8) is 0 Å². The van der Waals surface area contributed by atoms with Gasteiger partial charge in [-0.3, -0.25) is 4.79 Å². The van der Waals surface area contributed by atoms with Crippen molar-refractivity contribution < 1.29 is 4.79 Å². The molecule has 2 nitrogen and oxygen atoms in total. The fourth-order valence-corrected chi connectivity index (χ4v) is 2.83. The molecule has 0 aliphatic carbocycles. The lowest BCUT2D eigenvalue weighted by Gasteiger charge is -2.06. The van der Waals surface area contributed by atoms with Crippen molar-refractivity contribution in [2.75, 3.05) is 5.32 Å². The van der Waals surface area contributed by atoms with Crippen LogP contribution in [0.1, 0.15) is 25.7 Å². The molecular weight excluding hydrogens is 266 g/mol. The van der Waals surface area contributed by atoms with Crippen molar-refractivity contribution in [2.24, 2.45) is 0 Å². The van der Waals surface area contributed by atoms with Crippen molar-refractivity contribution in [2.45, 2.75) is 20.8 Å². The molecule has 1 aromatic heterocycles. The summed E-state index contributed by atoms with van der Waals surface area (Å²) in [5.74, 6) is -0.0863. The van der Waals surface area contributed by atoms with Crippen LogP contribution >= 0.6 is 22.9 Å². The third-order valence-corrected chi connectivity index (χ3v) is 4.09. The minimum absolute atomic E-state index is 0.0863. The number of halogens is 1. The Morgan fingerprint density at radius 1 is 1.22 bits per heavy atom. The number of benzene rings is 1. The zero-order valence-electron chi connectivity index (χ0n) is 10.5. The molecule has 0 fully saturated rings. The van der Waals surface area contributed by atoms with Crippen molar-refractivity contribution in [3.8, 4) is 0 Å². The molecule has 0 spiro atoms. The summed E-state index contributed by atoms with van der Waals surface area (Å²) in [5.41, 5.74) is 2.45. The molecule has 1 amide bonds. The van der Waals surface area contributed by atoms with Crippen LogP contribution in [0.5, 0.6) is 0 Å². The predicted octanol–water partition coefficient (Wildman–Crippen LogP) is 4.58. The van der Waals surface area contributed by atoms with Crippen molar-refractivity contribution in [1.29, 1.82) is 0 Å². The smallest absolute Gasteiger partial charge is 0.256 e. The molecule has 4 heteroatoms. The molecule has 0 atom stereocenters. The standard InChI is InChI=1S/C14H14ClNOS/c1-8-4-5-11(7-13(8)15)16-14(17)12-6-9(2)18-10(12)3/h4-7H,1-3H3,(H,16,17). The SMILES string of the molecule is Cc1cc(C(=O)Nc2ccc(C)c(Cl)c2)c(C)s1. The lowest BCUT2D eigenvalue weighted by molar-refractivity contribution is 0.102. The highest BCUT2D eigenvalue weighted by molar-refractivity contribution is 7.12. The Bertz CT molecular complexity index is 604. The minimum atomic E-state index is -0.0863. The first-order valence-corrected chi connectivity index (χ1v) is 6.81. The first-order chi connectivity index (χ1) is 8.47. The van der Waals surface area contributed by atoms with E-state index >= 15 is 0 Å². The fourth-order valence-electron chi connectivity index (χ4n) is 1.73. The van der Waals surface area contributed by atoms with Crippen molar-refractivity contribution in [1.82, 2.24) is 0 Å². The molecule has 18 heavy (non-hydrogen) atoms. The Kier molecular flexibility index (Phi) is 3.73. The van der Waals surface area contributed by atoms with Crippen LogP contribution in [0, 0.1) is 20.8 Å². The number of carbonyl (C=O) groups excluding carboxylic acids is 1. The number of hydrogen-bond donors (Lipinski definition) is 1. The molecule has 0 saturated carbocycles. The van der Waals surface area contributed by atoms with E-state index in [1.807, 2.05) is 39.0 Å². The highest BCUT2D eigenvalue weighted by Crippen LogP contribution is 2.23. The first-order valence-electron chi connectivity index (χ1n) is 5.62. The normalized spacial score (nSPS) is 10.4. The van der Waals surface area contributed by atoms with Crippen LogP contribution in [0.2, 0.25) is 5.02 Å². The van der Waals surface area contributed by atoms with Gasteiger partial charge in [0, 0.05) is 20.5 Å². The molecule has 1 aromatic carbocycles. The second kappa shape index (κ2) is 5.12. The summed E-state index contributed by atoms with van der Waals surface area (Å²) in [5, 5.41) is 3.52. The molecule has 1 N–H and O–H groups in total. The van der Waals surface area contributed by atoms with Crippen LogP contribution in [-0.4, -0.2) is 5.91 Å². The van der Waals surface area contributed by atoms with Crippen LogP contribution in [-0.2, 0) is 0 Å². The summed E-state index contributed by atoms with van der Waals surface area (Å²) in [4.78, 5) is 14.3. The van der Waals surface area contributed by atoms with Gasteiger partial charge >= 0.3 is 0 Å². The van der Waals surface area contributed by atoms with Crippen LogP contribution in [0.25, 0.3) is 0 Å². The van der Waals surface area contributed by atoms with Gasteiger partial charge < -0.3 is 5.32 Å². The number of nitrogens with one attached hydrogen (secondary N) is 1. The van der Waals surface area contributed by atoms with E-state index < -0.39 is 0 Å². The van der Waals surface area contributed by atoms with Gasteiger partial charge in [0.15, 0.2) is 0 Å². The van der Waals surface area contributed by atoms with Gasteiger partial charge in [-0.1, -0.05) is 17.7 Å². The topological polar surface area (TPSA) is 29.1 Å². The average Bonchev–Trinajstić information content (AvgIpc) is 2.63. The molecule has 0 unspecified atom stereocenters. The summed E-state index contributed by atoms with van der Waals surface area (Å²) in [6.07, 6.45) is 0. The van der Waals surface area contributed by atoms with Gasteiger partial charge in [-0.05, 0) is 44.5 Å². The van der Waals surface area contributed by atoms with E-state index in [0.29, 0.717) is 5.02 Å². The van der Waals surface area contributed by atoms with Gasteiger partial charge in [0.1, 0.15) is 0 Å². The zero-order valence-corrected chi connectivity index (χ0v) is 12.1. The van der Waals surface area contributed by atoms with Gasteiger partial charge in [0.2, 0.25) is 0 Å². The van der Waals surface area contributed by atoms with E-state index in [-0.39, 0.29) is 5.91 Å². The quantitative estimate of drug-likeness (QED) is 0.857. The Balaban J connectivity index is 2.21. The van der Waals surface area contributed by atoms with Crippen LogP contribution in [0.3, 0.4) is 0 Å². The summed E-state index contributed by atoms with van der Waals surface area (Å²) in [6, 6.07) is 7.42. The van der Waals surface area contributed by atoms with Gasteiger partial charge in [0.25, 0.3) is 5.91 Å².